The standard InChI is InChI=1S/C13H20N2O3S/c1-9(16)10(2)19-7-6-18-12-5-3-4-11(8-12)13(17)15-14/h3-5,8-10,16H,6-7,14H2,1-2H3,(H,15,17). The van der Waals surface area contributed by atoms with Gasteiger partial charge in [0.1, 0.15) is 5.75 Å². The average Bonchev–Trinajstić information content (AvgIpc) is 2.42. The van der Waals surface area contributed by atoms with Crippen LogP contribution < -0.4 is 16.0 Å². The van der Waals surface area contributed by atoms with E-state index in [1.54, 1.807) is 43.0 Å². The highest BCUT2D eigenvalue weighted by Gasteiger charge is 2.09. The summed E-state index contributed by atoms with van der Waals surface area (Å²) < 4.78 is 5.55. The lowest BCUT2D eigenvalue weighted by atomic mass is 10.2. The molecule has 2 atom stereocenters. The predicted molar refractivity (Wildman–Crippen MR) is 77.2 cm³/mol. The van der Waals surface area contributed by atoms with Gasteiger partial charge in [0.2, 0.25) is 0 Å². The number of aliphatic hydroxyl groups is 1. The number of nitrogens with two attached hydrogens (primary N) is 1. The Balaban J connectivity index is 2.39. The van der Waals surface area contributed by atoms with E-state index in [9.17, 15) is 9.90 Å². The zero-order chi connectivity index (χ0) is 14.3. The van der Waals surface area contributed by atoms with E-state index in [1.165, 1.54) is 0 Å². The summed E-state index contributed by atoms with van der Waals surface area (Å²) in [6, 6.07) is 6.84. The summed E-state index contributed by atoms with van der Waals surface area (Å²) in [5.41, 5.74) is 2.54. The SMILES string of the molecule is CC(O)C(C)SCCOc1cccc(C(=O)NN)c1. The molecule has 0 aliphatic carbocycles. The number of thioether (sulfide) groups is 1. The van der Waals surface area contributed by atoms with Gasteiger partial charge in [-0.3, -0.25) is 10.2 Å². The van der Waals surface area contributed by atoms with Gasteiger partial charge in [0, 0.05) is 16.6 Å². The number of hydrazine groups is 1. The molecule has 1 aromatic rings. The van der Waals surface area contributed by atoms with Crippen LogP contribution in [-0.4, -0.2) is 34.7 Å². The fourth-order valence-corrected chi connectivity index (χ4v) is 2.17. The number of aliphatic hydroxyl groups excluding tert-OH is 1. The quantitative estimate of drug-likeness (QED) is 0.303. The summed E-state index contributed by atoms with van der Waals surface area (Å²) in [6.45, 7) is 4.27. The third-order valence-electron chi connectivity index (χ3n) is 2.64. The largest absolute Gasteiger partial charge is 0.493 e. The number of nitrogens with one attached hydrogen (secondary N) is 1. The summed E-state index contributed by atoms with van der Waals surface area (Å²) in [5.74, 6) is 6.13. The second-order valence-electron chi connectivity index (χ2n) is 4.17. The summed E-state index contributed by atoms with van der Waals surface area (Å²) >= 11 is 1.64. The minimum absolute atomic E-state index is 0.179. The van der Waals surface area contributed by atoms with Crippen molar-refractivity contribution in [3.63, 3.8) is 0 Å². The molecular weight excluding hydrogens is 264 g/mol. The summed E-state index contributed by atoms with van der Waals surface area (Å²) in [6.07, 6.45) is -0.332. The van der Waals surface area contributed by atoms with Crippen molar-refractivity contribution in [2.75, 3.05) is 12.4 Å². The Hall–Kier alpha value is -1.24. The zero-order valence-corrected chi connectivity index (χ0v) is 11.9. The molecule has 0 spiro atoms. The Morgan fingerprint density at radius 3 is 2.89 bits per heavy atom. The van der Waals surface area contributed by atoms with Crippen LogP contribution >= 0.6 is 11.8 Å². The van der Waals surface area contributed by atoms with Crippen molar-refractivity contribution >= 4 is 17.7 Å². The molecule has 1 amide bonds. The number of nitrogen functional groups attached to an aromatic ring is 1. The number of ether oxygens (including phenoxy) is 1. The van der Waals surface area contributed by atoms with Crippen LogP contribution in [0.2, 0.25) is 0 Å². The Morgan fingerprint density at radius 2 is 2.26 bits per heavy atom. The number of carbonyl (C=O) groups excluding carboxylic acids is 1. The van der Waals surface area contributed by atoms with Crippen LogP contribution in [0.25, 0.3) is 0 Å². The van der Waals surface area contributed by atoms with Crippen molar-refractivity contribution in [2.45, 2.75) is 25.2 Å². The van der Waals surface area contributed by atoms with Gasteiger partial charge in [0.05, 0.1) is 12.7 Å². The number of carbonyl (C=O) groups is 1. The molecule has 106 valence electrons. The maximum Gasteiger partial charge on any atom is 0.265 e. The van der Waals surface area contributed by atoms with Gasteiger partial charge in [-0.2, -0.15) is 11.8 Å². The van der Waals surface area contributed by atoms with Crippen LogP contribution in [0, 0.1) is 0 Å². The normalized spacial score (nSPS) is 13.7. The first-order chi connectivity index (χ1) is 9.04. The van der Waals surface area contributed by atoms with E-state index in [0.29, 0.717) is 17.9 Å². The average molecular weight is 284 g/mol. The van der Waals surface area contributed by atoms with Crippen LogP contribution in [0.1, 0.15) is 24.2 Å². The second-order valence-corrected chi connectivity index (χ2v) is 5.65. The van der Waals surface area contributed by atoms with Crippen molar-refractivity contribution in [3.8, 4) is 5.75 Å². The van der Waals surface area contributed by atoms with Crippen molar-refractivity contribution < 1.29 is 14.6 Å². The molecular formula is C13H20N2O3S. The Bertz CT molecular complexity index is 413. The van der Waals surface area contributed by atoms with Gasteiger partial charge in [0.15, 0.2) is 0 Å². The lowest BCUT2D eigenvalue weighted by Crippen LogP contribution is -2.29. The molecule has 1 aromatic carbocycles. The van der Waals surface area contributed by atoms with Gasteiger partial charge in [-0.1, -0.05) is 13.0 Å². The van der Waals surface area contributed by atoms with Crippen LogP contribution in [0.3, 0.4) is 0 Å². The molecule has 0 bridgehead atoms. The van der Waals surface area contributed by atoms with Crippen molar-refractivity contribution in [3.05, 3.63) is 29.8 Å². The highest BCUT2D eigenvalue weighted by atomic mass is 32.2. The summed E-state index contributed by atoms with van der Waals surface area (Å²) in [5, 5.41) is 9.52. The lowest BCUT2D eigenvalue weighted by Gasteiger charge is -2.14. The molecule has 0 saturated carbocycles. The molecule has 0 radical (unpaired) electrons. The third-order valence-corrected chi connectivity index (χ3v) is 3.96. The first kappa shape index (κ1) is 15.8. The van der Waals surface area contributed by atoms with Crippen molar-refractivity contribution in [2.24, 2.45) is 5.84 Å². The van der Waals surface area contributed by atoms with Gasteiger partial charge >= 0.3 is 0 Å². The molecule has 0 aromatic heterocycles. The minimum Gasteiger partial charge on any atom is -0.493 e. The van der Waals surface area contributed by atoms with E-state index in [2.05, 4.69) is 5.43 Å². The van der Waals surface area contributed by atoms with E-state index in [4.69, 9.17) is 10.6 Å². The van der Waals surface area contributed by atoms with E-state index < -0.39 is 0 Å². The Kier molecular flexibility index (Phi) is 6.69. The number of rotatable bonds is 7. The van der Waals surface area contributed by atoms with Crippen LogP contribution in [0.4, 0.5) is 0 Å². The predicted octanol–water partition coefficient (Wildman–Crippen LogP) is 1.17. The maximum absolute atomic E-state index is 11.3. The van der Waals surface area contributed by atoms with E-state index in [1.807, 2.05) is 6.92 Å². The molecule has 19 heavy (non-hydrogen) atoms. The Morgan fingerprint density at radius 1 is 1.53 bits per heavy atom. The monoisotopic (exact) mass is 284 g/mol. The van der Waals surface area contributed by atoms with E-state index in [-0.39, 0.29) is 17.3 Å². The lowest BCUT2D eigenvalue weighted by molar-refractivity contribution is 0.0953. The van der Waals surface area contributed by atoms with Gasteiger partial charge in [-0.25, -0.2) is 5.84 Å². The molecule has 1 rings (SSSR count). The summed E-state index contributed by atoms with van der Waals surface area (Å²) in [4.78, 5) is 11.3. The topological polar surface area (TPSA) is 84.6 Å². The first-order valence-electron chi connectivity index (χ1n) is 6.08. The minimum atomic E-state index is -0.345. The molecule has 0 fully saturated rings. The number of amides is 1. The van der Waals surface area contributed by atoms with Crippen molar-refractivity contribution in [1.82, 2.24) is 5.43 Å². The van der Waals surface area contributed by atoms with Crippen LogP contribution in [-0.2, 0) is 0 Å². The molecule has 5 nitrogen and oxygen atoms in total. The molecule has 2 unspecified atom stereocenters. The molecule has 0 heterocycles. The van der Waals surface area contributed by atoms with Gasteiger partial charge < -0.3 is 9.84 Å². The van der Waals surface area contributed by atoms with Crippen LogP contribution in [0.5, 0.6) is 5.75 Å². The molecule has 6 heteroatoms. The van der Waals surface area contributed by atoms with Crippen LogP contribution in [0.15, 0.2) is 24.3 Å². The highest BCUT2D eigenvalue weighted by Crippen LogP contribution is 2.16. The zero-order valence-electron chi connectivity index (χ0n) is 11.1. The molecule has 0 aliphatic rings. The van der Waals surface area contributed by atoms with Gasteiger partial charge in [0.25, 0.3) is 5.91 Å². The fourth-order valence-electron chi connectivity index (χ4n) is 1.34. The maximum atomic E-state index is 11.3. The number of hydrogen-bond donors (Lipinski definition) is 3. The fraction of sp³-hybridized carbons (Fsp3) is 0.462. The first-order valence-corrected chi connectivity index (χ1v) is 7.13. The molecule has 4 N–H and O–H groups in total. The van der Waals surface area contributed by atoms with Crippen molar-refractivity contribution in [1.29, 1.82) is 0 Å². The second kappa shape index (κ2) is 8.04. The van der Waals surface area contributed by atoms with E-state index in [0.717, 1.165) is 5.75 Å². The summed E-state index contributed by atoms with van der Waals surface area (Å²) in [7, 11) is 0. The van der Waals surface area contributed by atoms with Gasteiger partial charge in [-0.05, 0) is 25.1 Å². The highest BCUT2D eigenvalue weighted by molar-refractivity contribution is 7.99. The molecule has 0 saturated heterocycles. The Labute approximate surface area is 117 Å². The smallest absolute Gasteiger partial charge is 0.265 e. The third kappa shape index (κ3) is 5.50. The van der Waals surface area contributed by atoms with Gasteiger partial charge in [-0.15, -0.1) is 0 Å². The van der Waals surface area contributed by atoms with E-state index >= 15 is 0 Å². The number of hydrogen-bond acceptors (Lipinski definition) is 5. The number of benzene rings is 1. The molecule has 0 aliphatic heterocycles.